The molecule has 2 aromatic rings. The van der Waals surface area contributed by atoms with Gasteiger partial charge < -0.3 is 14.6 Å². The number of aryl methyl sites for hydroxylation is 1. The third kappa shape index (κ3) is 2.18. The molecule has 7 heteroatoms. The number of carboxylic acids is 1. The molecule has 1 fully saturated rings. The molecule has 0 saturated carbocycles. The lowest BCUT2D eigenvalue weighted by atomic mass is 10.0. The summed E-state index contributed by atoms with van der Waals surface area (Å²) in [6.45, 7) is 2.24. The van der Waals surface area contributed by atoms with E-state index < -0.39 is 11.9 Å². The molecule has 0 aliphatic carbocycles. The molecule has 3 rings (SSSR count). The fraction of sp³-hybridized carbons (Fsp3) is 0.400. The number of hydrogen-bond acceptors (Lipinski definition) is 3. The first-order valence-corrected chi connectivity index (χ1v) is 7.20. The molecule has 0 bridgehead atoms. The number of rotatable bonds is 3. The molecule has 7 nitrogen and oxygen atoms in total. The largest absolute Gasteiger partial charge is 0.481 e. The lowest BCUT2D eigenvalue weighted by Crippen LogP contribution is -2.38. The zero-order valence-electron chi connectivity index (χ0n) is 12.5. The first kappa shape index (κ1) is 14.4. The van der Waals surface area contributed by atoms with Crippen molar-refractivity contribution in [1.82, 2.24) is 19.2 Å². The van der Waals surface area contributed by atoms with Crippen LogP contribution in [0, 0.1) is 5.92 Å². The van der Waals surface area contributed by atoms with Crippen molar-refractivity contribution in [3.63, 3.8) is 0 Å². The van der Waals surface area contributed by atoms with Crippen molar-refractivity contribution in [2.24, 2.45) is 13.0 Å². The summed E-state index contributed by atoms with van der Waals surface area (Å²) in [6.07, 6.45) is 5.72. The second kappa shape index (κ2) is 5.32. The van der Waals surface area contributed by atoms with Crippen LogP contribution in [-0.4, -0.2) is 48.8 Å². The Labute approximate surface area is 127 Å². The molecule has 116 valence electrons. The Bertz CT molecular complexity index is 704. The molecule has 22 heavy (non-hydrogen) atoms. The number of carbonyl (C=O) groups excluding carboxylic acids is 1. The molecule has 1 aliphatic heterocycles. The van der Waals surface area contributed by atoms with Crippen molar-refractivity contribution >= 4 is 11.9 Å². The summed E-state index contributed by atoms with van der Waals surface area (Å²) in [6, 6.07) is 3.43. The first-order chi connectivity index (χ1) is 10.5. The van der Waals surface area contributed by atoms with Crippen LogP contribution in [0.3, 0.4) is 0 Å². The van der Waals surface area contributed by atoms with Crippen LogP contribution in [0.2, 0.25) is 0 Å². The molecule has 2 atom stereocenters. The van der Waals surface area contributed by atoms with Crippen LogP contribution in [0.25, 0.3) is 5.82 Å². The quantitative estimate of drug-likeness (QED) is 0.922. The van der Waals surface area contributed by atoms with Crippen molar-refractivity contribution in [3.05, 3.63) is 36.3 Å². The van der Waals surface area contributed by atoms with Crippen molar-refractivity contribution in [2.45, 2.75) is 19.4 Å². The SMILES string of the molecule is CC1C(C(=O)O)CCN1C(=O)c1cnn(C)c1-n1cccc1. The van der Waals surface area contributed by atoms with Crippen molar-refractivity contribution < 1.29 is 14.7 Å². The van der Waals surface area contributed by atoms with Gasteiger partial charge >= 0.3 is 5.97 Å². The lowest BCUT2D eigenvalue weighted by molar-refractivity contribution is -0.142. The van der Waals surface area contributed by atoms with Gasteiger partial charge in [0.2, 0.25) is 0 Å². The first-order valence-electron chi connectivity index (χ1n) is 7.20. The minimum atomic E-state index is -0.848. The number of carboxylic acid groups (broad SMARTS) is 1. The van der Waals surface area contributed by atoms with E-state index in [4.69, 9.17) is 0 Å². The Kier molecular flexibility index (Phi) is 3.48. The van der Waals surface area contributed by atoms with E-state index in [9.17, 15) is 14.7 Å². The van der Waals surface area contributed by atoms with Crippen molar-refractivity contribution in [2.75, 3.05) is 6.54 Å². The number of hydrogen-bond donors (Lipinski definition) is 1. The van der Waals surface area contributed by atoms with Crippen molar-refractivity contribution in [3.8, 4) is 5.82 Å². The Morgan fingerprint density at radius 3 is 2.59 bits per heavy atom. The number of amides is 1. The number of likely N-dealkylation sites (tertiary alicyclic amines) is 1. The number of nitrogens with zero attached hydrogens (tertiary/aromatic N) is 4. The summed E-state index contributed by atoms with van der Waals surface area (Å²) in [7, 11) is 1.78. The highest BCUT2D eigenvalue weighted by Crippen LogP contribution is 2.27. The van der Waals surface area contributed by atoms with E-state index >= 15 is 0 Å². The molecule has 1 amide bonds. The molecular formula is C15H18N4O3. The Balaban J connectivity index is 1.93. The van der Waals surface area contributed by atoms with Crippen LogP contribution < -0.4 is 0 Å². The summed E-state index contributed by atoms with van der Waals surface area (Å²) >= 11 is 0. The molecule has 3 heterocycles. The van der Waals surface area contributed by atoms with Crippen LogP contribution in [0.5, 0.6) is 0 Å². The minimum Gasteiger partial charge on any atom is -0.481 e. The maximum atomic E-state index is 12.8. The average Bonchev–Trinajstić information content (AvgIpc) is 3.16. The summed E-state index contributed by atoms with van der Waals surface area (Å²) in [5, 5.41) is 13.4. The maximum Gasteiger partial charge on any atom is 0.308 e. The van der Waals surface area contributed by atoms with E-state index in [2.05, 4.69) is 5.10 Å². The highest BCUT2D eigenvalue weighted by Gasteiger charge is 2.39. The monoisotopic (exact) mass is 302 g/mol. The van der Waals surface area contributed by atoms with E-state index in [1.165, 1.54) is 0 Å². The van der Waals surface area contributed by atoms with Gasteiger partial charge in [0, 0.05) is 32.0 Å². The smallest absolute Gasteiger partial charge is 0.308 e. The van der Waals surface area contributed by atoms with Crippen LogP contribution in [0.15, 0.2) is 30.7 Å². The summed E-state index contributed by atoms with van der Waals surface area (Å²) in [5.74, 6) is -0.843. The zero-order valence-corrected chi connectivity index (χ0v) is 12.5. The number of carbonyl (C=O) groups is 2. The Hall–Kier alpha value is -2.57. The normalized spacial score (nSPS) is 21.3. The Morgan fingerprint density at radius 2 is 2.00 bits per heavy atom. The molecular weight excluding hydrogens is 284 g/mol. The fourth-order valence-electron chi connectivity index (χ4n) is 3.08. The predicted molar refractivity (Wildman–Crippen MR) is 78.8 cm³/mol. The summed E-state index contributed by atoms with van der Waals surface area (Å²) in [5.41, 5.74) is 0.483. The van der Waals surface area contributed by atoms with Crippen molar-refractivity contribution in [1.29, 1.82) is 0 Å². The fourth-order valence-corrected chi connectivity index (χ4v) is 3.08. The predicted octanol–water partition coefficient (Wildman–Crippen LogP) is 1.15. The van der Waals surface area contributed by atoms with Gasteiger partial charge in [-0.1, -0.05) is 0 Å². The van der Waals surface area contributed by atoms with Gasteiger partial charge in [-0.2, -0.15) is 5.10 Å². The van der Waals surface area contributed by atoms with Crippen LogP contribution in [0.4, 0.5) is 0 Å². The third-order valence-corrected chi connectivity index (χ3v) is 4.32. The van der Waals surface area contributed by atoms with Crippen LogP contribution in [0.1, 0.15) is 23.7 Å². The molecule has 0 spiro atoms. The molecule has 1 aliphatic rings. The van der Waals surface area contributed by atoms with E-state index in [0.717, 1.165) is 0 Å². The second-order valence-corrected chi connectivity index (χ2v) is 5.57. The van der Waals surface area contributed by atoms with E-state index in [1.54, 1.807) is 29.7 Å². The average molecular weight is 302 g/mol. The molecule has 0 aromatic carbocycles. The van der Waals surface area contributed by atoms with E-state index in [1.807, 2.05) is 29.1 Å². The van der Waals surface area contributed by atoms with Gasteiger partial charge in [-0.15, -0.1) is 0 Å². The summed E-state index contributed by atoms with van der Waals surface area (Å²) in [4.78, 5) is 25.7. The van der Waals surface area contributed by atoms with Crippen LogP contribution in [-0.2, 0) is 11.8 Å². The maximum absolute atomic E-state index is 12.8. The molecule has 2 aromatic heterocycles. The van der Waals surface area contributed by atoms with E-state index in [-0.39, 0.29) is 11.9 Å². The number of aliphatic carboxylic acids is 1. The van der Waals surface area contributed by atoms with Gasteiger partial charge in [0.15, 0.2) is 0 Å². The molecule has 2 unspecified atom stereocenters. The lowest BCUT2D eigenvalue weighted by Gasteiger charge is -2.23. The highest BCUT2D eigenvalue weighted by atomic mass is 16.4. The molecule has 1 saturated heterocycles. The third-order valence-electron chi connectivity index (χ3n) is 4.32. The van der Waals surface area contributed by atoms with Gasteiger partial charge in [0.25, 0.3) is 5.91 Å². The van der Waals surface area contributed by atoms with Gasteiger partial charge in [-0.3, -0.25) is 14.3 Å². The van der Waals surface area contributed by atoms with Gasteiger partial charge in [0.1, 0.15) is 11.4 Å². The van der Waals surface area contributed by atoms with Gasteiger partial charge in [-0.05, 0) is 25.5 Å². The van der Waals surface area contributed by atoms with E-state index in [0.29, 0.717) is 24.3 Å². The summed E-state index contributed by atoms with van der Waals surface area (Å²) < 4.78 is 3.47. The van der Waals surface area contributed by atoms with Gasteiger partial charge in [0.05, 0.1) is 12.1 Å². The standard InChI is InChI=1S/C15H18N4O3/c1-10-11(15(21)22)5-8-19(10)14(20)12-9-16-17(2)13(12)18-6-3-4-7-18/h3-4,6-7,9-11H,5,8H2,1-2H3,(H,21,22). The zero-order chi connectivity index (χ0) is 15.9. The molecule has 0 radical (unpaired) electrons. The minimum absolute atomic E-state index is 0.173. The van der Waals surface area contributed by atoms with Crippen LogP contribution >= 0.6 is 0 Å². The van der Waals surface area contributed by atoms with Gasteiger partial charge in [-0.25, -0.2) is 0 Å². The highest BCUT2D eigenvalue weighted by molar-refractivity contribution is 5.97. The number of aromatic nitrogens is 3. The molecule has 1 N–H and O–H groups in total. The Morgan fingerprint density at radius 1 is 1.32 bits per heavy atom. The topological polar surface area (TPSA) is 80.4 Å². The second-order valence-electron chi connectivity index (χ2n) is 5.57.